The van der Waals surface area contributed by atoms with Gasteiger partial charge in [-0.15, -0.1) is 0 Å². The Morgan fingerprint density at radius 3 is 2.50 bits per heavy atom. The molecule has 0 aliphatic carbocycles. The standard InChI is InChI=1S/C21H24FN5O3/c1-13(21(2,3)30)24-19(28)17-9-18(15-7-5-14(10-22)6-8-15)25-27(20(17)29)16-11-23-26(4)12-16/h5-9,11-13,30H,10H2,1-4H3,(H,24,28). The first-order chi connectivity index (χ1) is 14.1. The minimum absolute atomic E-state index is 0.130. The largest absolute Gasteiger partial charge is 0.388 e. The van der Waals surface area contributed by atoms with Crippen molar-refractivity contribution in [2.24, 2.45) is 7.05 Å². The lowest BCUT2D eigenvalue weighted by atomic mass is 10.0. The molecule has 9 heteroatoms. The number of aromatic nitrogens is 4. The van der Waals surface area contributed by atoms with E-state index < -0.39 is 29.8 Å². The molecule has 1 amide bonds. The van der Waals surface area contributed by atoms with Gasteiger partial charge in [0.25, 0.3) is 11.5 Å². The number of aliphatic hydroxyl groups is 1. The molecule has 1 unspecified atom stereocenters. The molecule has 2 N–H and O–H groups in total. The number of nitrogens with zero attached hydrogens (tertiary/aromatic N) is 4. The molecule has 0 radical (unpaired) electrons. The Hall–Kier alpha value is -3.33. The molecule has 0 aliphatic heterocycles. The van der Waals surface area contributed by atoms with Gasteiger partial charge in [-0.25, -0.2) is 4.39 Å². The number of hydrogen-bond acceptors (Lipinski definition) is 5. The van der Waals surface area contributed by atoms with E-state index in [2.05, 4.69) is 15.5 Å². The Balaban J connectivity index is 2.13. The second kappa shape index (κ2) is 8.19. The van der Waals surface area contributed by atoms with E-state index in [0.29, 0.717) is 22.5 Å². The molecule has 0 aliphatic rings. The highest BCUT2D eigenvalue weighted by atomic mass is 19.1. The maximum atomic E-state index is 13.0. The zero-order valence-electron chi connectivity index (χ0n) is 17.3. The second-order valence-corrected chi connectivity index (χ2v) is 7.71. The van der Waals surface area contributed by atoms with Gasteiger partial charge in [-0.05, 0) is 32.4 Å². The molecule has 0 bridgehead atoms. The maximum Gasteiger partial charge on any atom is 0.284 e. The third-order valence-electron chi connectivity index (χ3n) is 4.90. The molecule has 3 aromatic rings. The number of aryl methyl sites for hydroxylation is 1. The van der Waals surface area contributed by atoms with E-state index in [9.17, 15) is 19.1 Å². The van der Waals surface area contributed by atoms with Crippen molar-refractivity contribution in [1.82, 2.24) is 24.9 Å². The van der Waals surface area contributed by atoms with E-state index in [1.165, 1.54) is 16.9 Å². The monoisotopic (exact) mass is 413 g/mol. The highest BCUT2D eigenvalue weighted by molar-refractivity contribution is 5.95. The topological polar surface area (TPSA) is 102 Å². The third-order valence-corrected chi connectivity index (χ3v) is 4.90. The summed E-state index contributed by atoms with van der Waals surface area (Å²) >= 11 is 0. The number of alkyl halides is 1. The first-order valence-electron chi connectivity index (χ1n) is 9.42. The van der Waals surface area contributed by atoms with E-state index in [0.717, 1.165) is 4.68 Å². The van der Waals surface area contributed by atoms with E-state index in [1.54, 1.807) is 58.3 Å². The van der Waals surface area contributed by atoms with E-state index >= 15 is 0 Å². The molecule has 8 nitrogen and oxygen atoms in total. The first-order valence-corrected chi connectivity index (χ1v) is 9.42. The van der Waals surface area contributed by atoms with Crippen molar-refractivity contribution in [2.45, 2.75) is 39.1 Å². The lowest BCUT2D eigenvalue weighted by Gasteiger charge is -2.26. The molecule has 2 aromatic heterocycles. The van der Waals surface area contributed by atoms with Crippen LogP contribution in [0.1, 0.15) is 36.7 Å². The summed E-state index contributed by atoms with van der Waals surface area (Å²) in [6, 6.07) is 7.38. The molecule has 1 aromatic carbocycles. The number of amides is 1. The summed E-state index contributed by atoms with van der Waals surface area (Å²) in [5.74, 6) is -0.628. The maximum absolute atomic E-state index is 13.0. The van der Waals surface area contributed by atoms with Crippen molar-refractivity contribution >= 4 is 5.91 Å². The minimum Gasteiger partial charge on any atom is -0.388 e. The van der Waals surface area contributed by atoms with Crippen molar-refractivity contribution in [2.75, 3.05) is 0 Å². The molecule has 30 heavy (non-hydrogen) atoms. The summed E-state index contributed by atoms with van der Waals surface area (Å²) in [6.07, 6.45) is 3.07. The molecule has 3 rings (SSSR count). The van der Waals surface area contributed by atoms with Crippen LogP contribution in [0, 0.1) is 0 Å². The second-order valence-electron chi connectivity index (χ2n) is 7.71. The van der Waals surface area contributed by atoms with Crippen LogP contribution in [0.5, 0.6) is 0 Å². The first kappa shape index (κ1) is 21.4. The minimum atomic E-state index is -1.17. The smallest absolute Gasteiger partial charge is 0.284 e. The SMILES string of the molecule is CC(NC(=O)c1cc(-c2ccc(CF)cc2)nn(-c2cnn(C)c2)c1=O)C(C)(C)O. The van der Waals surface area contributed by atoms with Crippen LogP contribution in [0.2, 0.25) is 0 Å². The quantitative estimate of drug-likeness (QED) is 0.644. The Kier molecular flexibility index (Phi) is 5.84. The average molecular weight is 413 g/mol. The lowest BCUT2D eigenvalue weighted by Crippen LogP contribution is -2.48. The van der Waals surface area contributed by atoms with Crippen molar-refractivity contribution in [1.29, 1.82) is 0 Å². The Morgan fingerprint density at radius 2 is 1.97 bits per heavy atom. The van der Waals surface area contributed by atoms with Gasteiger partial charge in [0.1, 0.15) is 17.9 Å². The Morgan fingerprint density at radius 1 is 1.30 bits per heavy atom. The normalized spacial score (nSPS) is 12.6. The van der Waals surface area contributed by atoms with Crippen LogP contribution in [0.15, 0.2) is 47.5 Å². The van der Waals surface area contributed by atoms with Gasteiger partial charge in [0.05, 0.1) is 29.7 Å². The highest BCUT2D eigenvalue weighted by Gasteiger charge is 2.26. The molecule has 158 valence electrons. The van der Waals surface area contributed by atoms with Gasteiger partial charge in [-0.2, -0.15) is 14.9 Å². The lowest BCUT2D eigenvalue weighted by molar-refractivity contribution is 0.0408. The van der Waals surface area contributed by atoms with Gasteiger partial charge >= 0.3 is 0 Å². The molecule has 2 heterocycles. The number of carbonyl (C=O) groups is 1. The van der Waals surface area contributed by atoms with Crippen LogP contribution in [0.4, 0.5) is 4.39 Å². The van der Waals surface area contributed by atoms with Crippen molar-refractivity contribution < 1.29 is 14.3 Å². The number of halogens is 1. The van der Waals surface area contributed by atoms with Crippen LogP contribution in [-0.2, 0) is 13.7 Å². The number of nitrogens with one attached hydrogen (secondary N) is 1. The van der Waals surface area contributed by atoms with Crippen LogP contribution >= 0.6 is 0 Å². The van der Waals surface area contributed by atoms with Crippen molar-refractivity contribution in [3.05, 3.63) is 64.2 Å². The van der Waals surface area contributed by atoms with Gasteiger partial charge in [0.2, 0.25) is 0 Å². The third kappa shape index (κ3) is 4.46. The van der Waals surface area contributed by atoms with Gasteiger partial charge in [-0.3, -0.25) is 14.3 Å². The predicted octanol–water partition coefficient (Wildman–Crippen LogP) is 1.99. The summed E-state index contributed by atoms with van der Waals surface area (Å²) in [5, 5.41) is 21.2. The molecular weight excluding hydrogens is 389 g/mol. The average Bonchev–Trinajstić information content (AvgIpc) is 3.13. The summed E-state index contributed by atoms with van der Waals surface area (Å²) in [7, 11) is 1.70. The Labute approximate surface area is 173 Å². The fraction of sp³-hybridized carbons (Fsp3) is 0.333. The van der Waals surface area contributed by atoms with Gasteiger partial charge in [0, 0.05) is 12.6 Å². The van der Waals surface area contributed by atoms with Gasteiger partial charge < -0.3 is 10.4 Å². The molecular formula is C21H24FN5O3. The zero-order valence-corrected chi connectivity index (χ0v) is 17.3. The fourth-order valence-corrected chi connectivity index (χ4v) is 2.71. The molecule has 0 saturated heterocycles. The molecule has 0 saturated carbocycles. The molecule has 0 spiro atoms. The summed E-state index contributed by atoms with van der Waals surface area (Å²) in [5.41, 5.74) is -0.0251. The number of carbonyl (C=O) groups excluding carboxylic acids is 1. The van der Waals surface area contributed by atoms with E-state index in [1.807, 2.05) is 0 Å². The van der Waals surface area contributed by atoms with Crippen LogP contribution in [0.25, 0.3) is 16.9 Å². The van der Waals surface area contributed by atoms with Crippen LogP contribution in [-0.4, -0.2) is 42.2 Å². The Bertz CT molecular complexity index is 1110. The highest BCUT2D eigenvalue weighted by Crippen LogP contribution is 2.19. The van der Waals surface area contributed by atoms with Gasteiger partial charge in [-0.1, -0.05) is 24.3 Å². The van der Waals surface area contributed by atoms with E-state index in [4.69, 9.17) is 0 Å². The summed E-state index contributed by atoms with van der Waals surface area (Å²) in [4.78, 5) is 25.9. The molecule has 1 atom stereocenters. The number of hydrogen-bond donors (Lipinski definition) is 2. The van der Waals surface area contributed by atoms with Crippen molar-refractivity contribution in [3.63, 3.8) is 0 Å². The molecule has 0 fully saturated rings. The van der Waals surface area contributed by atoms with Crippen molar-refractivity contribution in [3.8, 4) is 16.9 Å². The zero-order chi connectivity index (χ0) is 22.1. The van der Waals surface area contributed by atoms with Crippen LogP contribution < -0.4 is 10.9 Å². The summed E-state index contributed by atoms with van der Waals surface area (Å²) < 4.78 is 15.5. The number of benzene rings is 1. The fourth-order valence-electron chi connectivity index (χ4n) is 2.71. The predicted molar refractivity (Wildman–Crippen MR) is 110 cm³/mol. The van der Waals surface area contributed by atoms with Gasteiger partial charge in [0.15, 0.2) is 0 Å². The summed E-state index contributed by atoms with van der Waals surface area (Å²) in [6.45, 7) is 4.19. The van der Waals surface area contributed by atoms with Crippen LogP contribution in [0.3, 0.4) is 0 Å². The van der Waals surface area contributed by atoms with E-state index in [-0.39, 0.29) is 5.56 Å². The number of rotatable bonds is 6.